The smallest absolute Gasteiger partial charge is 0.239 e. The van der Waals surface area contributed by atoms with Crippen molar-refractivity contribution < 1.29 is 14.3 Å². The summed E-state index contributed by atoms with van der Waals surface area (Å²) in [7, 11) is 3.27. The van der Waals surface area contributed by atoms with E-state index in [-0.39, 0.29) is 18.5 Å². The summed E-state index contributed by atoms with van der Waals surface area (Å²) >= 11 is 0. The summed E-state index contributed by atoms with van der Waals surface area (Å²) < 4.78 is 10.0. The maximum absolute atomic E-state index is 11.7. The van der Waals surface area contributed by atoms with E-state index in [1.807, 2.05) is 31.2 Å². The Morgan fingerprint density at radius 1 is 1.32 bits per heavy atom. The Balaban J connectivity index is 2.39. The van der Waals surface area contributed by atoms with Crippen LogP contribution in [0.25, 0.3) is 0 Å². The van der Waals surface area contributed by atoms with Crippen molar-refractivity contribution in [3.8, 4) is 0 Å². The van der Waals surface area contributed by atoms with Gasteiger partial charge in [0, 0.05) is 25.9 Å². The minimum atomic E-state index is -0.0540. The molecule has 0 spiro atoms. The van der Waals surface area contributed by atoms with E-state index in [2.05, 4.69) is 10.6 Å². The van der Waals surface area contributed by atoms with Crippen molar-refractivity contribution in [3.05, 3.63) is 29.8 Å². The van der Waals surface area contributed by atoms with Gasteiger partial charge in [0.25, 0.3) is 0 Å². The highest BCUT2D eigenvalue weighted by atomic mass is 16.5. The number of carbonyl (C=O) groups excluding carboxylic acids is 1. The molecule has 19 heavy (non-hydrogen) atoms. The molecule has 1 rings (SSSR count). The fourth-order valence-corrected chi connectivity index (χ4v) is 1.74. The van der Waals surface area contributed by atoms with Gasteiger partial charge >= 0.3 is 0 Å². The Morgan fingerprint density at radius 2 is 2.11 bits per heavy atom. The molecule has 5 heteroatoms. The Hall–Kier alpha value is -1.59. The summed E-state index contributed by atoms with van der Waals surface area (Å²) in [6.07, 6.45) is 0. The predicted octanol–water partition coefficient (Wildman–Crippen LogP) is 1.40. The summed E-state index contributed by atoms with van der Waals surface area (Å²) in [5.41, 5.74) is 1.98. The van der Waals surface area contributed by atoms with Crippen molar-refractivity contribution in [2.75, 3.05) is 32.7 Å². The third-order valence-corrected chi connectivity index (χ3v) is 2.52. The van der Waals surface area contributed by atoms with E-state index in [4.69, 9.17) is 9.47 Å². The van der Waals surface area contributed by atoms with Crippen LogP contribution in [0.15, 0.2) is 24.3 Å². The first-order valence-corrected chi connectivity index (χ1v) is 6.25. The summed E-state index contributed by atoms with van der Waals surface area (Å²) in [6, 6.07) is 7.82. The largest absolute Gasteiger partial charge is 0.383 e. The van der Waals surface area contributed by atoms with Crippen LogP contribution < -0.4 is 10.6 Å². The molecule has 0 bridgehead atoms. The average molecular weight is 266 g/mol. The number of ether oxygens (including phenoxy) is 2. The first-order chi connectivity index (χ1) is 9.15. The molecule has 5 nitrogen and oxygen atoms in total. The monoisotopic (exact) mass is 266 g/mol. The van der Waals surface area contributed by atoms with Crippen LogP contribution in [-0.2, 0) is 20.9 Å². The first kappa shape index (κ1) is 15.5. The topological polar surface area (TPSA) is 59.6 Å². The molecule has 0 aliphatic carbocycles. The molecule has 0 aromatic heterocycles. The van der Waals surface area contributed by atoms with Gasteiger partial charge in [-0.1, -0.05) is 12.1 Å². The van der Waals surface area contributed by atoms with Crippen molar-refractivity contribution in [2.24, 2.45) is 0 Å². The van der Waals surface area contributed by atoms with E-state index < -0.39 is 0 Å². The molecule has 1 atom stereocenters. The Kier molecular flexibility index (Phi) is 6.92. The number of hydrogen-bond donors (Lipinski definition) is 2. The zero-order chi connectivity index (χ0) is 14.1. The lowest BCUT2D eigenvalue weighted by molar-refractivity contribution is -0.120. The molecule has 1 aromatic carbocycles. The Labute approximate surface area is 114 Å². The Bertz CT molecular complexity index is 396. The second-order valence-corrected chi connectivity index (χ2v) is 4.41. The van der Waals surface area contributed by atoms with Crippen LogP contribution in [0, 0.1) is 0 Å². The average Bonchev–Trinajstić information content (AvgIpc) is 2.37. The van der Waals surface area contributed by atoms with E-state index >= 15 is 0 Å². The molecular weight excluding hydrogens is 244 g/mol. The van der Waals surface area contributed by atoms with Crippen molar-refractivity contribution in [2.45, 2.75) is 19.6 Å². The molecule has 1 aromatic rings. The van der Waals surface area contributed by atoms with Gasteiger partial charge in [0.1, 0.15) is 0 Å². The van der Waals surface area contributed by atoms with Crippen molar-refractivity contribution >= 4 is 11.6 Å². The SMILES string of the molecule is COCc1cccc(NCC(=O)NC(C)COC)c1. The molecule has 0 radical (unpaired) electrons. The molecule has 106 valence electrons. The van der Waals surface area contributed by atoms with Crippen LogP contribution in [-0.4, -0.2) is 39.3 Å². The lowest BCUT2D eigenvalue weighted by Crippen LogP contribution is -2.39. The van der Waals surface area contributed by atoms with Crippen LogP contribution in [0.3, 0.4) is 0 Å². The number of rotatable bonds is 8. The molecule has 2 N–H and O–H groups in total. The normalized spacial score (nSPS) is 11.9. The quantitative estimate of drug-likeness (QED) is 0.746. The standard InChI is InChI=1S/C14H22N2O3/c1-11(9-18-2)16-14(17)8-15-13-6-4-5-12(7-13)10-19-3/h4-7,11,15H,8-10H2,1-3H3,(H,16,17). The molecule has 0 fully saturated rings. The zero-order valence-corrected chi connectivity index (χ0v) is 11.7. The van der Waals surface area contributed by atoms with Gasteiger partial charge in [-0.25, -0.2) is 0 Å². The molecule has 1 amide bonds. The van der Waals surface area contributed by atoms with Crippen LogP contribution in [0.2, 0.25) is 0 Å². The van der Waals surface area contributed by atoms with Crippen LogP contribution in [0.5, 0.6) is 0 Å². The van der Waals surface area contributed by atoms with Gasteiger partial charge in [0.15, 0.2) is 0 Å². The van der Waals surface area contributed by atoms with E-state index in [0.717, 1.165) is 11.3 Å². The fourth-order valence-electron chi connectivity index (χ4n) is 1.74. The Morgan fingerprint density at radius 3 is 2.79 bits per heavy atom. The minimum absolute atomic E-state index is 0.0131. The maximum atomic E-state index is 11.7. The summed E-state index contributed by atoms with van der Waals surface area (Å²) in [5.74, 6) is -0.0540. The minimum Gasteiger partial charge on any atom is -0.383 e. The predicted molar refractivity (Wildman–Crippen MR) is 75.1 cm³/mol. The summed E-state index contributed by atoms with van der Waals surface area (Å²) in [6.45, 7) is 3.22. The number of anilines is 1. The van der Waals surface area contributed by atoms with Crippen molar-refractivity contribution in [3.63, 3.8) is 0 Å². The van der Waals surface area contributed by atoms with E-state index in [1.165, 1.54) is 0 Å². The molecule has 0 heterocycles. The first-order valence-electron chi connectivity index (χ1n) is 6.25. The van der Waals surface area contributed by atoms with Crippen molar-refractivity contribution in [1.29, 1.82) is 0 Å². The van der Waals surface area contributed by atoms with Crippen LogP contribution in [0.4, 0.5) is 5.69 Å². The fraction of sp³-hybridized carbons (Fsp3) is 0.500. The molecule has 0 aliphatic heterocycles. The highest BCUT2D eigenvalue weighted by Gasteiger charge is 2.06. The molecule has 1 unspecified atom stereocenters. The summed E-state index contributed by atoms with van der Waals surface area (Å²) in [5, 5.41) is 5.92. The van der Waals surface area contributed by atoms with Gasteiger partial charge in [-0.15, -0.1) is 0 Å². The van der Waals surface area contributed by atoms with E-state index in [1.54, 1.807) is 14.2 Å². The second kappa shape index (κ2) is 8.50. The van der Waals surface area contributed by atoms with Crippen LogP contribution in [0.1, 0.15) is 12.5 Å². The van der Waals surface area contributed by atoms with Gasteiger partial charge in [-0.2, -0.15) is 0 Å². The maximum Gasteiger partial charge on any atom is 0.239 e. The third kappa shape index (κ3) is 6.22. The lowest BCUT2D eigenvalue weighted by atomic mass is 10.2. The molecule has 0 saturated heterocycles. The van der Waals surface area contributed by atoms with Gasteiger partial charge in [0.05, 0.1) is 19.8 Å². The van der Waals surface area contributed by atoms with Crippen LogP contribution >= 0.6 is 0 Å². The molecule has 0 saturated carbocycles. The number of methoxy groups -OCH3 is 2. The third-order valence-electron chi connectivity index (χ3n) is 2.52. The van der Waals surface area contributed by atoms with Gasteiger partial charge in [-0.05, 0) is 24.6 Å². The molecular formula is C14H22N2O3. The number of hydrogen-bond acceptors (Lipinski definition) is 4. The van der Waals surface area contributed by atoms with Gasteiger partial charge in [0.2, 0.25) is 5.91 Å². The lowest BCUT2D eigenvalue weighted by Gasteiger charge is -2.13. The highest BCUT2D eigenvalue weighted by molar-refractivity contribution is 5.80. The van der Waals surface area contributed by atoms with Gasteiger partial charge < -0.3 is 20.1 Å². The molecule has 0 aliphatic rings. The highest BCUT2D eigenvalue weighted by Crippen LogP contribution is 2.10. The van der Waals surface area contributed by atoms with Gasteiger partial charge in [-0.3, -0.25) is 4.79 Å². The number of benzene rings is 1. The zero-order valence-electron chi connectivity index (χ0n) is 11.7. The number of carbonyl (C=O) groups is 1. The number of amides is 1. The second-order valence-electron chi connectivity index (χ2n) is 4.41. The summed E-state index contributed by atoms with van der Waals surface area (Å²) in [4.78, 5) is 11.7. The van der Waals surface area contributed by atoms with Crippen molar-refractivity contribution in [1.82, 2.24) is 5.32 Å². The number of nitrogens with one attached hydrogen (secondary N) is 2. The van der Waals surface area contributed by atoms with E-state index in [0.29, 0.717) is 13.2 Å². The van der Waals surface area contributed by atoms with E-state index in [9.17, 15) is 4.79 Å².